The third-order valence-corrected chi connectivity index (χ3v) is 16.4. The molecule has 4 aromatic heterocycles. The standard InChI is InChI=1S/C54H33BN4S/c1-3-60(2)30-27-42-47-43(28-30)59-52-39-21-11-8-18-34(39)33-17-7-10-20-38(33)51(52)57-41-25-13-23-36-35-22-12-24-40-45(35)48(55(47)49(46(36)41)54(57)59)53-56(40)44-26-29-14-4-5-15-31(29)32-16-6-9-19-37(32)50(44)58(42)53/h4-25,27-28H,2-3,26H2,1H3. The van der Waals surface area contributed by atoms with E-state index in [-0.39, 0.29) is 17.2 Å². The fraction of sp³-hybridized carbons (Fsp3) is 0.0556. The molecule has 0 saturated heterocycles. The lowest BCUT2D eigenvalue weighted by Gasteiger charge is -2.32. The lowest BCUT2D eigenvalue weighted by Crippen LogP contribution is -2.59. The van der Waals surface area contributed by atoms with Gasteiger partial charge in [-0.2, -0.15) is 10.5 Å². The van der Waals surface area contributed by atoms with Gasteiger partial charge in [0.15, 0.2) is 0 Å². The molecule has 0 spiro atoms. The maximum absolute atomic E-state index is 4.84. The summed E-state index contributed by atoms with van der Waals surface area (Å²) in [4.78, 5) is 1.32. The van der Waals surface area contributed by atoms with Gasteiger partial charge in [0.2, 0.25) is 0 Å². The van der Waals surface area contributed by atoms with Crippen LogP contribution in [0.5, 0.6) is 0 Å². The molecule has 0 radical (unpaired) electrons. The number of nitrogens with zero attached hydrogens (tertiary/aromatic N) is 4. The van der Waals surface area contributed by atoms with Crippen molar-refractivity contribution in [1.82, 2.24) is 17.9 Å². The number of hydrogen-bond donors (Lipinski definition) is 0. The van der Waals surface area contributed by atoms with Gasteiger partial charge in [-0.3, -0.25) is 17.9 Å². The van der Waals surface area contributed by atoms with Crippen LogP contribution in [0.3, 0.4) is 0 Å². The van der Waals surface area contributed by atoms with Gasteiger partial charge >= 0.3 is 0 Å². The van der Waals surface area contributed by atoms with E-state index in [1.54, 1.807) is 0 Å². The Labute approximate surface area is 347 Å². The van der Waals surface area contributed by atoms with Crippen LogP contribution in [-0.2, 0) is 6.42 Å². The van der Waals surface area contributed by atoms with Crippen LogP contribution in [0.25, 0.3) is 111 Å². The summed E-state index contributed by atoms with van der Waals surface area (Å²) in [5, 5.41) is 7.96. The highest BCUT2D eigenvalue weighted by Gasteiger charge is 2.48. The lowest BCUT2D eigenvalue weighted by atomic mass is 9.34. The summed E-state index contributed by atoms with van der Waals surface area (Å²) in [6, 6.07) is 55.7. The Balaban J connectivity index is 1.23. The van der Waals surface area contributed by atoms with Gasteiger partial charge in [0.05, 0.1) is 33.5 Å². The number of rotatable bonds is 2. The molecule has 6 heteroatoms. The highest BCUT2D eigenvalue weighted by Crippen LogP contribution is 2.51. The summed E-state index contributed by atoms with van der Waals surface area (Å²) in [5.41, 5.74) is 25.3. The fourth-order valence-electron chi connectivity index (χ4n) is 12.6. The van der Waals surface area contributed by atoms with Crippen LogP contribution in [-0.4, -0.2) is 36.3 Å². The second-order valence-corrected chi connectivity index (χ2v) is 19.3. The van der Waals surface area contributed by atoms with Gasteiger partial charge < -0.3 is 0 Å². The van der Waals surface area contributed by atoms with Crippen molar-refractivity contribution in [3.8, 4) is 44.9 Å². The Morgan fingerprint density at radius 2 is 1.08 bits per heavy atom. The molecule has 16 rings (SSSR count). The van der Waals surface area contributed by atoms with Crippen molar-refractivity contribution in [2.45, 2.75) is 18.2 Å². The van der Waals surface area contributed by atoms with Gasteiger partial charge in [-0.15, -0.1) is 0 Å². The van der Waals surface area contributed by atoms with Crippen molar-refractivity contribution in [3.05, 3.63) is 157 Å². The molecule has 1 unspecified atom stereocenters. The molecule has 0 saturated carbocycles. The van der Waals surface area contributed by atoms with E-state index in [0.717, 1.165) is 12.2 Å². The molecule has 0 bridgehead atoms. The van der Waals surface area contributed by atoms with Gasteiger partial charge in [-0.25, -0.2) is 0 Å². The first-order valence-corrected chi connectivity index (χ1v) is 22.8. The van der Waals surface area contributed by atoms with Gasteiger partial charge in [-0.1, -0.05) is 134 Å². The molecule has 12 aromatic rings. The average molecular weight is 781 g/mol. The van der Waals surface area contributed by atoms with E-state index >= 15 is 0 Å². The predicted molar refractivity (Wildman–Crippen MR) is 255 cm³/mol. The van der Waals surface area contributed by atoms with Gasteiger partial charge in [0.1, 0.15) is 11.3 Å². The van der Waals surface area contributed by atoms with Crippen molar-refractivity contribution < 1.29 is 0 Å². The SMILES string of the molecule is C=S(CC)c1cc2c3c(c1)-n1c4c5ccccc5c5ccccc5c4n4c5cccc6c5c(c14)B3c1c3c-6cccc3n3c4c(n-2c13)-c1ccccc1-c1ccccc1C4. The molecule has 8 aromatic carbocycles. The largest absolute Gasteiger partial charge is 0.297 e. The van der Waals surface area contributed by atoms with Gasteiger partial charge in [0.25, 0.3) is 6.71 Å². The summed E-state index contributed by atoms with van der Waals surface area (Å²) in [6.45, 7) is 2.34. The Hall–Kier alpha value is -7.02. The van der Waals surface area contributed by atoms with E-state index in [0.29, 0.717) is 0 Å². The number of imidazole rings is 2. The highest BCUT2D eigenvalue weighted by molar-refractivity contribution is 8.14. The normalized spacial score (nSPS) is 14.4. The van der Waals surface area contributed by atoms with E-state index in [1.807, 2.05) is 0 Å². The Morgan fingerprint density at radius 1 is 0.533 bits per heavy atom. The van der Waals surface area contributed by atoms with Crippen LogP contribution < -0.4 is 16.4 Å². The number of hydrogen-bond acceptors (Lipinski definition) is 0. The molecule has 0 amide bonds. The van der Waals surface area contributed by atoms with Crippen LogP contribution in [0, 0.1) is 0 Å². The van der Waals surface area contributed by atoms with E-state index in [1.165, 1.54) is 143 Å². The van der Waals surface area contributed by atoms with Crippen molar-refractivity contribution >= 4 is 105 Å². The van der Waals surface area contributed by atoms with E-state index in [4.69, 9.17) is 5.87 Å². The molecule has 4 aliphatic rings. The first-order valence-electron chi connectivity index (χ1n) is 21.2. The first kappa shape index (κ1) is 31.0. The predicted octanol–water partition coefficient (Wildman–Crippen LogP) is 11.0. The van der Waals surface area contributed by atoms with Crippen LogP contribution in [0.2, 0.25) is 0 Å². The van der Waals surface area contributed by atoms with Crippen molar-refractivity contribution in [2.24, 2.45) is 0 Å². The molecule has 0 N–H and O–H groups in total. The zero-order valence-corrected chi connectivity index (χ0v) is 33.6. The minimum atomic E-state index is -0.205. The molecule has 1 aliphatic carbocycles. The van der Waals surface area contributed by atoms with Crippen molar-refractivity contribution in [1.29, 1.82) is 0 Å². The molecular weight excluding hydrogens is 748 g/mol. The highest BCUT2D eigenvalue weighted by atomic mass is 32.2. The molecule has 1 atom stereocenters. The molecular formula is C54H33BN4S. The quantitative estimate of drug-likeness (QED) is 0.0945. The fourth-order valence-corrected chi connectivity index (χ4v) is 13.5. The Bertz CT molecular complexity index is 4110. The molecule has 3 aliphatic heterocycles. The van der Waals surface area contributed by atoms with E-state index in [2.05, 4.69) is 170 Å². The second kappa shape index (κ2) is 10.2. The second-order valence-electron chi connectivity index (χ2n) is 17.3. The minimum Gasteiger partial charge on any atom is -0.297 e. The van der Waals surface area contributed by atoms with Crippen molar-refractivity contribution in [2.75, 3.05) is 5.75 Å². The van der Waals surface area contributed by atoms with E-state index in [9.17, 15) is 0 Å². The van der Waals surface area contributed by atoms with Gasteiger partial charge in [0, 0.05) is 49.8 Å². The third-order valence-electron chi connectivity index (χ3n) is 14.8. The Morgan fingerprint density at radius 3 is 1.78 bits per heavy atom. The van der Waals surface area contributed by atoms with Crippen LogP contribution in [0.15, 0.2) is 150 Å². The maximum Gasteiger partial charge on any atom is 0.258 e. The summed E-state index contributed by atoms with van der Waals surface area (Å²) in [6.07, 6.45) is 0.847. The average Bonchev–Trinajstić information content (AvgIpc) is 3.99. The van der Waals surface area contributed by atoms with Crippen LogP contribution in [0.4, 0.5) is 0 Å². The molecule has 4 nitrogen and oxygen atoms in total. The number of fused-ring (bicyclic) bond motifs is 20. The van der Waals surface area contributed by atoms with Crippen molar-refractivity contribution in [3.63, 3.8) is 0 Å². The number of benzene rings is 8. The van der Waals surface area contributed by atoms with Crippen LogP contribution >= 0.6 is 10.5 Å². The van der Waals surface area contributed by atoms with Crippen LogP contribution in [0.1, 0.15) is 18.2 Å². The Kier molecular flexibility index (Phi) is 5.28. The monoisotopic (exact) mass is 780 g/mol. The topological polar surface area (TPSA) is 18.7 Å². The molecule has 278 valence electrons. The molecule has 7 heterocycles. The van der Waals surface area contributed by atoms with E-state index < -0.39 is 0 Å². The molecule has 0 fully saturated rings. The summed E-state index contributed by atoms with van der Waals surface area (Å²) >= 11 is 0. The lowest BCUT2D eigenvalue weighted by molar-refractivity contribution is 1.07. The summed E-state index contributed by atoms with van der Waals surface area (Å²) in [5.74, 6) is 5.83. The smallest absolute Gasteiger partial charge is 0.258 e. The summed E-state index contributed by atoms with van der Waals surface area (Å²) in [7, 11) is -0.205. The first-order chi connectivity index (χ1) is 29.7. The summed E-state index contributed by atoms with van der Waals surface area (Å²) < 4.78 is 10.8. The molecule has 60 heavy (non-hydrogen) atoms. The van der Waals surface area contributed by atoms with Gasteiger partial charge in [-0.05, 0) is 85.0 Å². The zero-order chi connectivity index (χ0) is 38.9. The zero-order valence-electron chi connectivity index (χ0n) is 32.8. The third kappa shape index (κ3) is 3.22. The maximum atomic E-state index is 4.84. The minimum absolute atomic E-state index is 0.0463. The number of aromatic nitrogens is 4.